The van der Waals surface area contributed by atoms with E-state index in [1.54, 1.807) is 6.20 Å². The van der Waals surface area contributed by atoms with Gasteiger partial charge in [0, 0.05) is 20.9 Å². The highest BCUT2D eigenvalue weighted by Crippen LogP contribution is 2.30. The second-order valence-electron chi connectivity index (χ2n) is 4.73. The highest BCUT2D eigenvalue weighted by atomic mass is 79.9. The molecule has 5 heteroatoms. The number of nitrogens with two attached hydrogens (primary N) is 1. The Labute approximate surface area is 139 Å². The van der Waals surface area contributed by atoms with Gasteiger partial charge in [-0.25, -0.2) is 0 Å². The fourth-order valence-electron chi connectivity index (χ4n) is 2.17. The number of halogens is 2. The smallest absolute Gasteiger partial charge is 0.0743 e. The van der Waals surface area contributed by atoms with Gasteiger partial charge < -0.3 is 11.1 Å². The Morgan fingerprint density at radius 2 is 1.71 bits per heavy atom. The minimum atomic E-state index is 0.651. The van der Waals surface area contributed by atoms with Crippen LogP contribution >= 0.6 is 31.9 Å². The zero-order valence-corrected chi connectivity index (χ0v) is 14.3. The summed E-state index contributed by atoms with van der Waals surface area (Å²) < 4.78 is 2.08. The molecular formula is C16H13Br2N3. The van der Waals surface area contributed by atoms with Gasteiger partial charge in [-0.3, -0.25) is 4.98 Å². The fraction of sp³-hybridized carbons (Fsp3) is 0.0625. The summed E-state index contributed by atoms with van der Waals surface area (Å²) in [6, 6.07) is 14.2. The summed E-state index contributed by atoms with van der Waals surface area (Å²) in [5.74, 6) is 0. The molecule has 0 amide bonds. The Balaban J connectivity index is 1.94. The van der Waals surface area contributed by atoms with E-state index < -0.39 is 0 Å². The Kier molecular flexibility index (Phi) is 4.12. The van der Waals surface area contributed by atoms with Crippen LogP contribution in [0.4, 0.5) is 11.4 Å². The number of hydrogen-bond donors (Lipinski definition) is 2. The molecular weight excluding hydrogens is 394 g/mol. The predicted molar refractivity (Wildman–Crippen MR) is 95.3 cm³/mol. The van der Waals surface area contributed by atoms with Gasteiger partial charge in [-0.1, -0.05) is 44.0 Å². The van der Waals surface area contributed by atoms with E-state index in [4.69, 9.17) is 5.73 Å². The molecule has 0 saturated carbocycles. The van der Waals surface area contributed by atoms with Crippen molar-refractivity contribution in [3.8, 4) is 0 Å². The molecule has 3 nitrogen and oxygen atoms in total. The average Bonchev–Trinajstić information content (AvgIpc) is 2.48. The van der Waals surface area contributed by atoms with Crippen molar-refractivity contribution in [1.82, 2.24) is 4.98 Å². The molecule has 0 aliphatic carbocycles. The van der Waals surface area contributed by atoms with E-state index in [0.717, 1.165) is 25.5 Å². The maximum atomic E-state index is 6.08. The highest BCUT2D eigenvalue weighted by molar-refractivity contribution is 9.10. The lowest BCUT2D eigenvalue weighted by Gasteiger charge is -2.12. The van der Waals surface area contributed by atoms with Crippen LogP contribution < -0.4 is 11.1 Å². The fourth-order valence-corrected chi connectivity index (χ4v) is 2.80. The highest BCUT2D eigenvalue weighted by Gasteiger charge is 2.07. The lowest BCUT2D eigenvalue weighted by Crippen LogP contribution is -2.04. The third-order valence-corrected chi connectivity index (χ3v) is 4.26. The molecule has 0 fully saturated rings. The van der Waals surface area contributed by atoms with Crippen LogP contribution in [0.25, 0.3) is 10.9 Å². The van der Waals surface area contributed by atoms with E-state index in [0.29, 0.717) is 12.2 Å². The van der Waals surface area contributed by atoms with Crippen molar-refractivity contribution in [2.45, 2.75) is 6.54 Å². The molecule has 0 aliphatic heterocycles. The van der Waals surface area contributed by atoms with Crippen molar-refractivity contribution >= 4 is 54.1 Å². The maximum Gasteiger partial charge on any atom is 0.0743 e. The molecule has 1 aromatic heterocycles. The Hall–Kier alpha value is -1.59. The van der Waals surface area contributed by atoms with Crippen LogP contribution in [0.1, 0.15) is 5.56 Å². The summed E-state index contributed by atoms with van der Waals surface area (Å²) in [5, 5.41) is 4.43. The van der Waals surface area contributed by atoms with Gasteiger partial charge >= 0.3 is 0 Å². The van der Waals surface area contributed by atoms with Gasteiger partial charge in [-0.05, 0) is 35.9 Å². The number of pyridine rings is 1. The number of nitrogen functional groups attached to an aromatic ring is 1. The molecule has 3 aromatic rings. The Morgan fingerprint density at radius 1 is 1.00 bits per heavy atom. The van der Waals surface area contributed by atoms with Gasteiger partial charge in [0.15, 0.2) is 0 Å². The second-order valence-corrected chi connectivity index (χ2v) is 6.56. The van der Waals surface area contributed by atoms with Crippen molar-refractivity contribution in [3.63, 3.8) is 0 Å². The standard InChI is InChI=1S/C16H13Br2N3/c17-11-3-1-10(2-4-11)8-21-16-13-7-12(18)5-6-15(13)20-9-14(16)19/h1-7,9H,8,19H2,(H,20,21). The molecule has 0 unspecified atom stereocenters. The lowest BCUT2D eigenvalue weighted by atomic mass is 10.1. The summed E-state index contributed by atoms with van der Waals surface area (Å²) in [6.07, 6.45) is 1.69. The quantitative estimate of drug-likeness (QED) is 0.646. The summed E-state index contributed by atoms with van der Waals surface area (Å²) >= 11 is 6.93. The van der Waals surface area contributed by atoms with Crippen molar-refractivity contribution in [2.24, 2.45) is 0 Å². The Morgan fingerprint density at radius 3 is 2.48 bits per heavy atom. The number of hydrogen-bond acceptors (Lipinski definition) is 3. The van der Waals surface area contributed by atoms with Crippen molar-refractivity contribution in [2.75, 3.05) is 11.1 Å². The SMILES string of the molecule is Nc1cnc2ccc(Br)cc2c1NCc1ccc(Br)cc1. The number of fused-ring (bicyclic) bond motifs is 1. The molecule has 0 bridgehead atoms. The molecule has 0 radical (unpaired) electrons. The van der Waals surface area contributed by atoms with Crippen LogP contribution in [-0.4, -0.2) is 4.98 Å². The Bertz CT molecular complexity index is 780. The topological polar surface area (TPSA) is 50.9 Å². The predicted octanol–water partition coefficient (Wildman–Crippen LogP) is 4.95. The van der Waals surface area contributed by atoms with Gasteiger partial charge in [-0.15, -0.1) is 0 Å². The zero-order valence-electron chi connectivity index (χ0n) is 11.1. The van der Waals surface area contributed by atoms with E-state index in [2.05, 4.69) is 54.3 Å². The molecule has 0 aliphatic rings. The molecule has 1 heterocycles. The maximum absolute atomic E-state index is 6.08. The van der Waals surface area contributed by atoms with Gasteiger partial charge in [0.25, 0.3) is 0 Å². The van der Waals surface area contributed by atoms with Crippen molar-refractivity contribution < 1.29 is 0 Å². The van der Waals surface area contributed by atoms with Gasteiger partial charge in [0.05, 0.1) is 23.1 Å². The molecule has 0 saturated heterocycles. The van der Waals surface area contributed by atoms with Crippen LogP contribution in [0, 0.1) is 0 Å². The van der Waals surface area contributed by atoms with Crippen molar-refractivity contribution in [3.05, 3.63) is 63.2 Å². The number of benzene rings is 2. The molecule has 3 rings (SSSR count). The molecule has 21 heavy (non-hydrogen) atoms. The van der Waals surface area contributed by atoms with Gasteiger partial charge in [0.1, 0.15) is 0 Å². The normalized spacial score (nSPS) is 10.8. The van der Waals surface area contributed by atoms with Crippen LogP contribution in [-0.2, 0) is 6.54 Å². The minimum Gasteiger partial charge on any atom is -0.396 e. The van der Waals surface area contributed by atoms with Crippen molar-refractivity contribution in [1.29, 1.82) is 0 Å². The summed E-state index contributed by atoms with van der Waals surface area (Å²) in [7, 11) is 0. The lowest BCUT2D eigenvalue weighted by molar-refractivity contribution is 1.15. The van der Waals surface area contributed by atoms with E-state index in [1.165, 1.54) is 5.56 Å². The zero-order chi connectivity index (χ0) is 14.8. The number of rotatable bonds is 3. The van der Waals surface area contributed by atoms with E-state index in [1.807, 2.05) is 30.3 Å². The number of anilines is 2. The first-order valence-corrected chi connectivity index (χ1v) is 8.04. The summed E-state index contributed by atoms with van der Waals surface area (Å²) in [4.78, 5) is 4.36. The van der Waals surface area contributed by atoms with Crippen LogP contribution in [0.15, 0.2) is 57.6 Å². The summed E-state index contributed by atoms with van der Waals surface area (Å²) in [6.45, 7) is 0.711. The third-order valence-electron chi connectivity index (χ3n) is 3.24. The van der Waals surface area contributed by atoms with E-state index >= 15 is 0 Å². The van der Waals surface area contributed by atoms with Crippen LogP contribution in [0.3, 0.4) is 0 Å². The average molecular weight is 407 g/mol. The third kappa shape index (κ3) is 3.19. The second kappa shape index (κ2) is 6.03. The monoisotopic (exact) mass is 405 g/mol. The first kappa shape index (κ1) is 14.4. The summed E-state index contributed by atoms with van der Waals surface area (Å²) in [5.41, 5.74) is 9.76. The van der Waals surface area contributed by atoms with Gasteiger partial charge in [0.2, 0.25) is 0 Å². The first-order chi connectivity index (χ1) is 10.1. The van der Waals surface area contributed by atoms with Crippen LogP contribution in [0.2, 0.25) is 0 Å². The van der Waals surface area contributed by atoms with E-state index in [9.17, 15) is 0 Å². The number of aromatic nitrogens is 1. The molecule has 3 N–H and O–H groups in total. The molecule has 2 aromatic carbocycles. The molecule has 0 spiro atoms. The molecule has 106 valence electrons. The number of nitrogens with one attached hydrogen (secondary N) is 1. The minimum absolute atomic E-state index is 0.651. The van der Waals surface area contributed by atoms with Gasteiger partial charge in [-0.2, -0.15) is 0 Å². The van der Waals surface area contributed by atoms with E-state index in [-0.39, 0.29) is 0 Å². The molecule has 0 atom stereocenters. The first-order valence-electron chi connectivity index (χ1n) is 6.45. The largest absolute Gasteiger partial charge is 0.396 e. The van der Waals surface area contributed by atoms with Crippen LogP contribution in [0.5, 0.6) is 0 Å². The number of nitrogens with zero attached hydrogens (tertiary/aromatic N) is 1.